The minimum absolute atomic E-state index is 0.661. The lowest BCUT2D eigenvalue weighted by Gasteiger charge is -2.08. The summed E-state index contributed by atoms with van der Waals surface area (Å²) in [6.45, 7) is 9.59. The van der Waals surface area contributed by atoms with Gasteiger partial charge in [-0.1, -0.05) is 12.5 Å². The number of ether oxygens (including phenoxy) is 1. The number of pyridine rings is 1. The van der Waals surface area contributed by atoms with Crippen molar-refractivity contribution < 1.29 is 4.74 Å². The fourth-order valence-electron chi connectivity index (χ4n) is 1.21. The third kappa shape index (κ3) is 4.82. The molecule has 0 saturated heterocycles. The van der Waals surface area contributed by atoms with Crippen molar-refractivity contribution in [1.82, 2.24) is 4.98 Å². The van der Waals surface area contributed by atoms with Crippen LogP contribution >= 0.6 is 0 Å². The molecule has 0 bridgehead atoms. The van der Waals surface area contributed by atoms with Crippen LogP contribution in [0.2, 0.25) is 0 Å². The Bertz CT molecular complexity index is 336. The lowest BCUT2D eigenvalue weighted by atomic mass is 10.3. The van der Waals surface area contributed by atoms with Crippen LogP contribution in [0.15, 0.2) is 30.6 Å². The molecule has 0 radical (unpaired) electrons. The molecular weight excluding hydrogens is 200 g/mol. The van der Waals surface area contributed by atoms with Crippen LogP contribution in [0.4, 0.5) is 5.69 Å². The maximum Gasteiger partial charge on any atom is 0.139 e. The summed E-state index contributed by atoms with van der Waals surface area (Å²) in [5, 5.41) is 3.27. The van der Waals surface area contributed by atoms with Crippen molar-refractivity contribution in [2.45, 2.75) is 26.7 Å². The zero-order valence-electron chi connectivity index (χ0n) is 10.1. The van der Waals surface area contributed by atoms with E-state index in [1.165, 1.54) is 0 Å². The SMILES string of the molecule is C=C(C)CCOc1cncc(NCCC)c1. The molecule has 88 valence electrons. The van der Waals surface area contributed by atoms with Crippen LogP contribution in [-0.4, -0.2) is 18.1 Å². The molecule has 1 heterocycles. The molecule has 3 heteroatoms. The first-order chi connectivity index (χ1) is 7.72. The van der Waals surface area contributed by atoms with E-state index in [1.54, 1.807) is 12.4 Å². The van der Waals surface area contributed by atoms with Crippen molar-refractivity contribution in [1.29, 1.82) is 0 Å². The fraction of sp³-hybridized carbons (Fsp3) is 0.462. The standard InChI is InChI=1S/C13H20N2O/c1-4-6-15-12-8-13(10-14-9-12)16-7-5-11(2)3/h8-10,15H,2,4-7H2,1,3H3. The molecule has 0 amide bonds. The van der Waals surface area contributed by atoms with Gasteiger partial charge in [-0.2, -0.15) is 0 Å². The van der Waals surface area contributed by atoms with E-state index in [2.05, 4.69) is 23.8 Å². The van der Waals surface area contributed by atoms with Crippen LogP contribution in [0.1, 0.15) is 26.7 Å². The Morgan fingerprint density at radius 2 is 2.31 bits per heavy atom. The lowest BCUT2D eigenvalue weighted by molar-refractivity contribution is 0.320. The second kappa shape index (κ2) is 6.88. The van der Waals surface area contributed by atoms with Crippen LogP contribution in [0.25, 0.3) is 0 Å². The van der Waals surface area contributed by atoms with Crippen LogP contribution < -0.4 is 10.1 Å². The Kier molecular flexibility index (Phi) is 5.40. The van der Waals surface area contributed by atoms with Crippen LogP contribution in [0.5, 0.6) is 5.75 Å². The molecule has 0 fully saturated rings. The number of nitrogens with one attached hydrogen (secondary N) is 1. The summed E-state index contributed by atoms with van der Waals surface area (Å²) < 4.78 is 5.57. The molecular formula is C13H20N2O. The first-order valence-corrected chi connectivity index (χ1v) is 5.68. The third-order valence-corrected chi connectivity index (χ3v) is 2.09. The predicted molar refractivity (Wildman–Crippen MR) is 67.9 cm³/mol. The van der Waals surface area contributed by atoms with Gasteiger partial charge in [0.05, 0.1) is 24.7 Å². The molecule has 1 aromatic heterocycles. The summed E-state index contributed by atoms with van der Waals surface area (Å²) >= 11 is 0. The molecule has 0 aliphatic heterocycles. The maximum absolute atomic E-state index is 5.57. The Labute approximate surface area is 97.5 Å². The quantitative estimate of drug-likeness (QED) is 0.716. The molecule has 3 nitrogen and oxygen atoms in total. The monoisotopic (exact) mass is 220 g/mol. The van der Waals surface area contributed by atoms with E-state index < -0.39 is 0 Å². The Morgan fingerprint density at radius 3 is 3.00 bits per heavy atom. The third-order valence-electron chi connectivity index (χ3n) is 2.09. The van der Waals surface area contributed by atoms with Gasteiger partial charge in [-0.25, -0.2) is 0 Å². The predicted octanol–water partition coefficient (Wildman–Crippen LogP) is 3.25. The van der Waals surface area contributed by atoms with Crippen molar-refractivity contribution >= 4 is 5.69 Å². The summed E-state index contributed by atoms with van der Waals surface area (Å²) in [4.78, 5) is 4.13. The number of rotatable bonds is 7. The molecule has 1 aromatic rings. The number of aromatic nitrogens is 1. The number of anilines is 1. The summed E-state index contributed by atoms with van der Waals surface area (Å²) in [5.74, 6) is 0.808. The Morgan fingerprint density at radius 1 is 1.50 bits per heavy atom. The van der Waals surface area contributed by atoms with E-state index in [9.17, 15) is 0 Å². The highest BCUT2D eigenvalue weighted by atomic mass is 16.5. The highest BCUT2D eigenvalue weighted by Crippen LogP contribution is 2.15. The fourth-order valence-corrected chi connectivity index (χ4v) is 1.21. The first kappa shape index (κ1) is 12.6. The van der Waals surface area contributed by atoms with Crippen molar-refractivity contribution in [3.8, 4) is 5.75 Å². The van der Waals surface area contributed by atoms with Gasteiger partial charge in [0.1, 0.15) is 5.75 Å². The zero-order chi connectivity index (χ0) is 11.8. The van der Waals surface area contributed by atoms with Gasteiger partial charge in [-0.05, 0) is 13.3 Å². The zero-order valence-corrected chi connectivity index (χ0v) is 10.1. The van der Waals surface area contributed by atoms with E-state index in [1.807, 2.05) is 13.0 Å². The molecule has 1 N–H and O–H groups in total. The maximum atomic E-state index is 5.57. The minimum Gasteiger partial charge on any atom is -0.492 e. The Balaban J connectivity index is 2.43. The average molecular weight is 220 g/mol. The van der Waals surface area contributed by atoms with Gasteiger partial charge >= 0.3 is 0 Å². The lowest BCUT2D eigenvalue weighted by Crippen LogP contribution is -2.02. The highest BCUT2D eigenvalue weighted by molar-refractivity contribution is 5.44. The number of nitrogens with zero attached hydrogens (tertiary/aromatic N) is 1. The summed E-state index contributed by atoms with van der Waals surface area (Å²) in [7, 11) is 0. The van der Waals surface area contributed by atoms with Crippen molar-refractivity contribution in [3.05, 3.63) is 30.6 Å². The summed E-state index contributed by atoms with van der Waals surface area (Å²) in [6, 6.07) is 1.97. The molecule has 0 aromatic carbocycles. The van der Waals surface area contributed by atoms with E-state index >= 15 is 0 Å². The Hall–Kier alpha value is -1.51. The normalized spacial score (nSPS) is 9.88. The smallest absolute Gasteiger partial charge is 0.139 e. The number of hydrogen-bond acceptors (Lipinski definition) is 3. The highest BCUT2D eigenvalue weighted by Gasteiger charge is 1.97. The number of hydrogen-bond donors (Lipinski definition) is 1. The van der Waals surface area contributed by atoms with Gasteiger partial charge < -0.3 is 10.1 Å². The molecule has 0 atom stereocenters. The minimum atomic E-state index is 0.661. The van der Waals surface area contributed by atoms with Crippen molar-refractivity contribution in [2.75, 3.05) is 18.5 Å². The second-order valence-electron chi connectivity index (χ2n) is 3.89. The van der Waals surface area contributed by atoms with Gasteiger partial charge in [-0.3, -0.25) is 4.98 Å². The van der Waals surface area contributed by atoms with Crippen LogP contribution in [-0.2, 0) is 0 Å². The average Bonchev–Trinajstić information content (AvgIpc) is 2.26. The van der Waals surface area contributed by atoms with E-state index in [0.29, 0.717) is 6.61 Å². The molecule has 1 rings (SSSR count). The summed E-state index contributed by atoms with van der Waals surface area (Å²) in [5.41, 5.74) is 2.14. The van der Waals surface area contributed by atoms with Gasteiger partial charge in [0.2, 0.25) is 0 Å². The molecule has 0 saturated carbocycles. The molecule has 0 unspecified atom stereocenters. The molecule has 0 spiro atoms. The van der Waals surface area contributed by atoms with Gasteiger partial charge in [0, 0.05) is 19.0 Å². The largest absolute Gasteiger partial charge is 0.492 e. The summed E-state index contributed by atoms with van der Waals surface area (Å²) in [6.07, 6.45) is 5.52. The molecule has 16 heavy (non-hydrogen) atoms. The van der Waals surface area contributed by atoms with Crippen molar-refractivity contribution in [3.63, 3.8) is 0 Å². The van der Waals surface area contributed by atoms with E-state index in [-0.39, 0.29) is 0 Å². The van der Waals surface area contributed by atoms with Crippen LogP contribution in [0, 0.1) is 0 Å². The first-order valence-electron chi connectivity index (χ1n) is 5.68. The topological polar surface area (TPSA) is 34.1 Å². The van der Waals surface area contributed by atoms with E-state index in [4.69, 9.17) is 4.74 Å². The molecule has 0 aliphatic rings. The van der Waals surface area contributed by atoms with Gasteiger partial charge in [-0.15, -0.1) is 6.58 Å². The van der Waals surface area contributed by atoms with Gasteiger partial charge in [0.25, 0.3) is 0 Å². The molecule has 0 aliphatic carbocycles. The second-order valence-corrected chi connectivity index (χ2v) is 3.89. The van der Waals surface area contributed by atoms with Crippen molar-refractivity contribution in [2.24, 2.45) is 0 Å². The van der Waals surface area contributed by atoms with Crippen LogP contribution in [0.3, 0.4) is 0 Å². The van der Waals surface area contributed by atoms with Gasteiger partial charge in [0.15, 0.2) is 0 Å². The van der Waals surface area contributed by atoms with E-state index in [0.717, 1.165) is 36.4 Å².